The molecule has 2 bridgehead atoms. The number of pyridine rings is 1. The number of aliphatic hydroxyl groups is 1. The molecule has 3 atom stereocenters. The zero-order chi connectivity index (χ0) is 26.0. The van der Waals surface area contributed by atoms with Crippen LogP contribution in [0.4, 0.5) is 24.5 Å². The number of benzene rings is 2. The first-order chi connectivity index (χ1) is 17.7. The van der Waals surface area contributed by atoms with Crippen molar-refractivity contribution in [2.24, 2.45) is 5.92 Å². The van der Waals surface area contributed by atoms with E-state index < -0.39 is 17.3 Å². The van der Waals surface area contributed by atoms with Gasteiger partial charge in [-0.2, -0.15) is 13.2 Å². The molecule has 3 unspecified atom stereocenters. The topological polar surface area (TPSA) is 66.4 Å². The Bertz CT molecular complexity index is 1250. The van der Waals surface area contributed by atoms with E-state index >= 15 is 0 Å². The van der Waals surface area contributed by atoms with Gasteiger partial charge in [-0.05, 0) is 75.8 Å². The molecule has 3 N–H and O–H groups in total. The zero-order valence-corrected chi connectivity index (χ0v) is 21.1. The molecule has 0 amide bonds. The molecule has 1 aromatic heterocycles. The summed E-state index contributed by atoms with van der Waals surface area (Å²) in [6, 6.07) is 13.4. The maximum Gasteiger partial charge on any atom is 0.416 e. The van der Waals surface area contributed by atoms with Gasteiger partial charge < -0.3 is 20.5 Å². The summed E-state index contributed by atoms with van der Waals surface area (Å²) in [6.07, 6.45) is 2.10. The molecular weight excluding hydrogens is 491 g/mol. The number of aromatic nitrogens is 1. The summed E-state index contributed by atoms with van der Waals surface area (Å²) < 4.78 is 46.7. The molecule has 0 saturated heterocycles. The van der Waals surface area contributed by atoms with Crippen LogP contribution in [-0.2, 0) is 6.18 Å². The van der Waals surface area contributed by atoms with Crippen molar-refractivity contribution in [2.75, 3.05) is 18.5 Å². The van der Waals surface area contributed by atoms with Gasteiger partial charge in [0.2, 0.25) is 0 Å². The van der Waals surface area contributed by atoms with Crippen molar-refractivity contribution in [3.8, 4) is 5.75 Å². The number of para-hydroxylation sites is 1. The smallest absolute Gasteiger partial charge is 0.416 e. The van der Waals surface area contributed by atoms with Crippen molar-refractivity contribution in [1.29, 1.82) is 0 Å². The van der Waals surface area contributed by atoms with Crippen molar-refractivity contribution in [3.05, 3.63) is 59.8 Å². The van der Waals surface area contributed by atoms with Gasteiger partial charge in [0, 0.05) is 34.6 Å². The van der Waals surface area contributed by atoms with Crippen LogP contribution < -0.4 is 15.4 Å². The lowest BCUT2D eigenvalue weighted by Gasteiger charge is -2.45. The van der Waals surface area contributed by atoms with Gasteiger partial charge in [0.15, 0.2) is 0 Å². The molecule has 2 fully saturated rings. The molecule has 8 heteroatoms. The van der Waals surface area contributed by atoms with Crippen LogP contribution in [0.3, 0.4) is 0 Å². The molecule has 5 nitrogen and oxygen atoms in total. The first-order valence-corrected chi connectivity index (χ1v) is 13.1. The Balaban J connectivity index is 0.00000336. The molecular formula is C30H38F3N3O2. The van der Waals surface area contributed by atoms with Crippen molar-refractivity contribution in [3.63, 3.8) is 0 Å². The minimum Gasteiger partial charge on any atom is -0.493 e. The minimum absolute atomic E-state index is 0. The second-order valence-electron chi connectivity index (χ2n) is 10.7. The van der Waals surface area contributed by atoms with E-state index in [1.165, 1.54) is 6.42 Å². The number of fused-ring (bicyclic) bond motifs is 3. The fraction of sp³-hybridized carbons (Fsp3) is 0.500. The summed E-state index contributed by atoms with van der Waals surface area (Å²) in [5.41, 5.74) is 1.25. The van der Waals surface area contributed by atoms with E-state index in [-0.39, 0.29) is 19.2 Å². The van der Waals surface area contributed by atoms with Crippen LogP contribution in [0.15, 0.2) is 48.5 Å². The van der Waals surface area contributed by atoms with Crippen LogP contribution in [0, 0.1) is 12.8 Å². The van der Waals surface area contributed by atoms with Gasteiger partial charge in [0.1, 0.15) is 5.75 Å². The lowest BCUT2D eigenvalue weighted by molar-refractivity contribution is -0.137. The maximum absolute atomic E-state index is 13.7. The van der Waals surface area contributed by atoms with Gasteiger partial charge >= 0.3 is 6.18 Å². The Morgan fingerprint density at radius 1 is 1.13 bits per heavy atom. The lowest BCUT2D eigenvalue weighted by Crippen LogP contribution is -2.49. The van der Waals surface area contributed by atoms with E-state index in [2.05, 4.69) is 15.6 Å². The van der Waals surface area contributed by atoms with Gasteiger partial charge in [-0.15, -0.1) is 0 Å². The van der Waals surface area contributed by atoms with Crippen LogP contribution in [0.1, 0.15) is 63.6 Å². The van der Waals surface area contributed by atoms with E-state index in [1.54, 1.807) is 6.07 Å². The number of aryl methyl sites for hydroxylation is 1. The Morgan fingerprint density at radius 3 is 2.74 bits per heavy atom. The Labute approximate surface area is 222 Å². The molecule has 0 aliphatic heterocycles. The summed E-state index contributed by atoms with van der Waals surface area (Å²) in [4.78, 5) is 4.50. The summed E-state index contributed by atoms with van der Waals surface area (Å²) in [7, 11) is 0. The number of nitrogens with zero attached hydrogens (tertiary/aromatic N) is 1. The highest BCUT2D eigenvalue weighted by molar-refractivity contribution is 5.93. The highest BCUT2D eigenvalue weighted by Crippen LogP contribution is 2.42. The molecule has 2 aliphatic rings. The van der Waals surface area contributed by atoms with Crippen LogP contribution in [0.25, 0.3) is 10.9 Å². The van der Waals surface area contributed by atoms with Crippen molar-refractivity contribution >= 4 is 22.3 Å². The van der Waals surface area contributed by atoms with E-state index in [0.717, 1.165) is 60.8 Å². The van der Waals surface area contributed by atoms with Crippen LogP contribution in [0.5, 0.6) is 5.75 Å². The van der Waals surface area contributed by atoms with Gasteiger partial charge in [-0.1, -0.05) is 38.5 Å². The average molecular weight is 530 g/mol. The monoisotopic (exact) mass is 529 g/mol. The summed E-state index contributed by atoms with van der Waals surface area (Å²) >= 11 is 0. The molecule has 3 aromatic rings. The Morgan fingerprint density at radius 2 is 1.95 bits per heavy atom. The molecule has 5 rings (SSSR count). The largest absolute Gasteiger partial charge is 0.493 e. The number of ether oxygens (including phenoxy) is 1. The Kier molecular flexibility index (Phi) is 8.52. The van der Waals surface area contributed by atoms with Gasteiger partial charge in [-0.25, -0.2) is 0 Å². The van der Waals surface area contributed by atoms with Gasteiger partial charge in [-0.3, -0.25) is 4.98 Å². The molecule has 2 saturated carbocycles. The quantitative estimate of drug-likeness (QED) is 0.266. The zero-order valence-electron chi connectivity index (χ0n) is 21.1. The average Bonchev–Trinajstić information content (AvgIpc) is 2.82. The molecule has 38 heavy (non-hydrogen) atoms. The predicted octanol–water partition coefficient (Wildman–Crippen LogP) is 7.38. The van der Waals surface area contributed by atoms with Crippen molar-refractivity contribution in [2.45, 2.75) is 77.1 Å². The number of rotatable bonds is 8. The van der Waals surface area contributed by atoms with E-state index in [0.29, 0.717) is 36.9 Å². The highest BCUT2D eigenvalue weighted by atomic mass is 19.4. The third-order valence-electron chi connectivity index (χ3n) is 7.55. The normalized spacial score (nSPS) is 23.1. The molecule has 2 aromatic carbocycles. The lowest BCUT2D eigenvalue weighted by atomic mass is 9.67. The van der Waals surface area contributed by atoms with E-state index in [4.69, 9.17) is 4.74 Å². The van der Waals surface area contributed by atoms with E-state index in [9.17, 15) is 18.3 Å². The third kappa shape index (κ3) is 6.77. The molecule has 0 spiro atoms. The minimum atomic E-state index is -4.49. The fourth-order valence-corrected chi connectivity index (χ4v) is 6.00. The summed E-state index contributed by atoms with van der Waals surface area (Å²) in [6.45, 7) is 2.84. The van der Waals surface area contributed by atoms with Crippen LogP contribution >= 0.6 is 0 Å². The van der Waals surface area contributed by atoms with Crippen molar-refractivity contribution < 1.29 is 23.0 Å². The van der Waals surface area contributed by atoms with Crippen LogP contribution in [0.2, 0.25) is 0 Å². The number of alkyl halides is 3. The summed E-state index contributed by atoms with van der Waals surface area (Å²) in [5.74, 6) is 0.757. The number of hydrogen-bond acceptors (Lipinski definition) is 5. The summed E-state index contributed by atoms with van der Waals surface area (Å²) in [5, 5.41) is 18.3. The second kappa shape index (κ2) is 11.5. The fourth-order valence-electron chi connectivity index (χ4n) is 6.00. The Hall–Kier alpha value is -2.84. The molecule has 0 radical (unpaired) electrons. The first-order valence-electron chi connectivity index (χ1n) is 13.1. The number of anilines is 2. The maximum atomic E-state index is 13.7. The van der Waals surface area contributed by atoms with E-state index in [1.807, 2.05) is 37.3 Å². The standard InChI is InChI=1S/C29H34F3N3O2.CH4/c1-19-12-27(25-7-2-3-8-26(25)34-19)35-22-14-21(29(30,31)32)15-24(16-22)37-11-5-10-33-23-13-20-6-4-9-28(36,17-20)18-23;/h2-3,7-8,12,14-16,20,23,33,36H,4-6,9-11,13,17-18H2,1H3,(H,34,35);1H4. The van der Waals surface area contributed by atoms with Crippen molar-refractivity contribution in [1.82, 2.24) is 10.3 Å². The molecule has 1 heterocycles. The highest BCUT2D eigenvalue weighted by Gasteiger charge is 2.41. The van der Waals surface area contributed by atoms with Gasteiger partial charge in [0.25, 0.3) is 0 Å². The first kappa shape index (κ1) is 28.2. The van der Waals surface area contributed by atoms with Crippen LogP contribution in [-0.4, -0.2) is 34.9 Å². The second-order valence-corrected chi connectivity index (χ2v) is 10.7. The number of hydrogen-bond donors (Lipinski definition) is 3. The van der Waals surface area contributed by atoms with Gasteiger partial charge in [0.05, 0.1) is 23.3 Å². The molecule has 2 aliphatic carbocycles. The number of nitrogens with one attached hydrogen (secondary N) is 2. The molecule has 206 valence electrons. The third-order valence-corrected chi connectivity index (χ3v) is 7.55. The number of halogens is 3. The predicted molar refractivity (Wildman–Crippen MR) is 146 cm³/mol. The SMILES string of the molecule is C.Cc1cc(Nc2cc(OCCCNC3CC4CCCC(O)(C4)C3)cc(C(F)(F)F)c2)c2ccccc2n1.